The highest BCUT2D eigenvalue weighted by Crippen LogP contribution is 2.29. The van der Waals surface area contributed by atoms with Crippen LogP contribution in [-0.4, -0.2) is 68.8 Å². The van der Waals surface area contributed by atoms with Gasteiger partial charge >= 0.3 is 5.97 Å². The molecule has 9 heteroatoms. The molecule has 0 bridgehead atoms. The fraction of sp³-hybridized carbons (Fsp3) is 0.667. The van der Waals surface area contributed by atoms with Gasteiger partial charge in [-0.15, -0.1) is 0 Å². The fourth-order valence-corrected chi connectivity index (χ4v) is 4.37. The Morgan fingerprint density at radius 3 is 2.09 bits per heavy atom. The van der Waals surface area contributed by atoms with Crippen LogP contribution in [0.1, 0.15) is 42.5 Å². The van der Waals surface area contributed by atoms with E-state index in [1.165, 1.54) is 0 Å². The maximum Gasteiger partial charge on any atom is 0.338 e. The topological polar surface area (TPSA) is 70.0 Å². The molecule has 0 aromatic carbocycles. The minimum absolute atomic E-state index is 0.0935. The van der Waals surface area contributed by atoms with Crippen LogP contribution in [0.2, 0.25) is 39.3 Å². The number of amides is 1. The average molecular weight is 495 g/mol. The smallest absolute Gasteiger partial charge is 0.338 e. The van der Waals surface area contributed by atoms with Crippen molar-refractivity contribution in [1.29, 1.82) is 0 Å². The molecule has 1 aliphatic rings. The van der Waals surface area contributed by atoms with Crippen LogP contribution in [0, 0.1) is 6.92 Å². The van der Waals surface area contributed by atoms with Crippen molar-refractivity contribution in [1.82, 2.24) is 9.47 Å². The second kappa shape index (κ2) is 10.7. The number of nitrogens with zero attached hydrogens (tertiary/aromatic N) is 2. The van der Waals surface area contributed by atoms with Crippen molar-refractivity contribution in [3.05, 3.63) is 29.1 Å². The second-order valence-electron chi connectivity index (χ2n) is 10.9. The number of carbonyl (C=O) groups excluding carboxylic acids is 2. The monoisotopic (exact) mass is 494 g/mol. The van der Waals surface area contributed by atoms with Gasteiger partial charge in [0.25, 0.3) is 5.91 Å². The van der Waals surface area contributed by atoms with E-state index < -0.39 is 22.1 Å². The van der Waals surface area contributed by atoms with Gasteiger partial charge in [-0.1, -0.05) is 39.3 Å². The van der Waals surface area contributed by atoms with E-state index in [0.717, 1.165) is 5.69 Å². The SMILES string of the molecule is CCOC(=O)C1=CCN(COC(C)[Si](C)(C)C)C(=O)c2c1cc(C)n2COC(C)[Si](C)(C)C. The number of hydrogen-bond acceptors (Lipinski definition) is 5. The number of esters is 1. The standard InChI is InChI=1S/C24H42N2O5Si2/c1-11-29-24(28)20-12-13-25(15-30-18(3)32(5,6)7)23(27)22-21(20)14-17(2)26(22)16-31-19(4)33(8,9)10/h12,14,18-19H,11,13,15-16H2,1-10H3. The molecule has 2 heterocycles. The Morgan fingerprint density at radius 1 is 1.03 bits per heavy atom. The number of rotatable bonds is 10. The maximum absolute atomic E-state index is 13.7. The normalized spacial score (nSPS) is 16.7. The molecule has 0 radical (unpaired) electrons. The van der Waals surface area contributed by atoms with E-state index in [0.29, 0.717) is 16.8 Å². The fourth-order valence-electron chi connectivity index (χ4n) is 3.22. The van der Waals surface area contributed by atoms with Crippen LogP contribution >= 0.6 is 0 Å². The van der Waals surface area contributed by atoms with E-state index >= 15 is 0 Å². The van der Waals surface area contributed by atoms with Gasteiger partial charge in [0.05, 0.1) is 28.3 Å². The molecule has 0 aliphatic carbocycles. The second-order valence-corrected chi connectivity index (χ2v) is 22.0. The number of aryl methyl sites for hydroxylation is 1. The molecule has 33 heavy (non-hydrogen) atoms. The van der Waals surface area contributed by atoms with Gasteiger partial charge < -0.3 is 23.7 Å². The summed E-state index contributed by atoms with van der Waals surface area (Å²) in [6.45, 7) is 22.3. The Hall–Kier alpha value is -1.69. The molecular formula is C24H42N2O5Si2. The lowest BCUT2D eigenvalue weighted by Gasteiger charge is -2.29. The molecule has 2 rings (SSSR count). The Labute approximate surface area is 201 Å². The Kier molecular flexibility index (Phi) is 8.94. The Bertz CT molecular complexity index is 896. The lowest BCUT2D eigenvalue weighted by molar-refractivity contribution is -0.136. The first-order chi connectivity index (χ1) is 15.2. The van der Waals surface area contributed by atoms with Gasteiger partial charge in [-0.25, -0.2) is 4.79 Å². The van der Waals surface area contributed by atoms with E-state index in [1.54, 1.807) is 17.9 Å². The Balaban J connectivity index is 2.44. The van der Waals surface area contributed by atoms with Crippen molar-refractivity contribution >= 4 is 33.6 Å². The molecule has 2 atom stereocenters. The van der Waals surface area contributed by atoms with Crippen LogP contribution in [-0.2, 0) is 25.7 Å². The molecule has 0 N–H and O–H groups in total. The first kappa shape index (κ1) is 27.6. The van der Waals surface area contributed by atoms with Crippen LogP contribution in [0.3, 0.4) is 0 Å². The molecule has 186 valence electrons. The number of carbonyl (C=O) groups is 2. The van der Waals surface area contributed by atoms with Gasteiger partial charge in [0.1, 0.15) is 19.2 Å². The van der Waals surface area contributed by atoms with Crippen LogP contribution in [0.25, 0.3) is 5.57 Å². The quantitative estimate of drug-likeness (QED) is 0.349. The number of hydrogen-bond donors (Lipinski definition) is 0. The molecule has 0 spiro atoms. The molecule has 1 aliphatic heterocycles. The molecule has 7 nitrogen and oxygen atoms in total. The maximum atomic E-state index is 13.7. The minimum Gasteiger partial charge on any atom is -0.462 e. The van der Waals surface area contributed by atoms with Gasteiger partial charge in [0.2, 0.25) is 0 Å². The van der Waals surface area contributed by atoms with Gasteiger partial charge in [-0.05, 0) is 39.8 Å². The van der Waals surface area contributed by atoms with Gasteiger partial charge in [0, 0.05) is 29.3 Å². The summed E-state index contributed by atoms with van der Waals surface area (Å²) in [5, 5.41) is 0. The number of aromatic nitrogens is 1. The van der Waals surface area contributed by atoms with E-state index in [-0.39, 0.29) is 44.0 Å². The molecular weight excluding hydrogens is 452 g/mol. The molecule has 1 amide bonds. The largest absolute Gasteiger partial charge is 0.462 e. The van der Waals surface area contributed by atoms with E-state index in [1.807, 2.05) is 17.6 Å². The molecule has 1 aromatic heterocycles. The first-order valence-corrected chi connectivity index (χ1v) is 18.9. The van der Waals surface area contributed by atoms with Gasteiger partial charge in [-0.2, -0.15) is 0 Å². The highest BCUT2D eigenvalue weighted by molar-refractivity contribution is 6.77. The summed E-state index contributed by atoms with van der Waals surface area (Å²) in [6, 6.07) is 1.88. The van der Waals surface area contributed by atoms with E-state index in [9.17, 15) is 9.59 Å². The van der Waals surface area contributed by atoms with Crippen molar-refractivity contribution < 1.29 is 23.8 Å². The molecule has 0 saturated carbocycles. The first-order valence-electron chi connectivity index (χ1n) is 11.8. The highest BCUT2D eigenvalue weighted by Gasteiger charge is 2.33. The van der Waals surface area contributed by atoms with Crippen molar-refractivity contribution in [3.8, 4) is 0 Å². The highest BCUT2D eigenvalue weighted by atomic mass is 28.3. The van der Waals surface area contributed by atoms with Gasteiger partial charge in [-0.3, -0.25) is 4.79 Å². The third-order valence-electron chi connectivity index (χ3n) is 6.47. The van der Waals surface area contributed by atoms with Crippen LogP contribution in [0.15, 0.2) is 12.1 Å². The zero-order chi connectivity index (χ0) is 25.1. The summed E-state index contributed by atoms with van der Waals surface area (Å²) in [5.41, 5.74) is 2.55. The van der Waals surface area contributed by atoms with Crippen molar-refractivity contribution in [2.45, 2.75) is 85.2 Å². The lowest BCUT2D eigenvalue weighted by atomic mass is 10.1. The van der Waals surface area contributed by atoms with Crippen molar-refractivity contribution in [2.24, 2.45) is 0 Å². The Morgan fingerprint density at radius 2 is 1.58 bits per heavy atom. The summed E-state index contributed by atoms with van der Waals surface area (Å²) in [7, 11) is -3.02. The summed E-state index contributed by atoms with van der Waals surface area (Å²) in [4.78, 5) is 28.1. The van der Waals surface area contributed by atoms with E-state index in [4.69, 9.17) is 14.2 Å². The van der Waals surface area contributed by atoms with Crippen molar-refractivity contribution in [3.63, 3.8) is 0 Å². The van der Waals surface area contributed by atoms with Crippen molar-refractivity contribution in [2.75, 3.05) is 19.9 Å². The van der Waals surface area contributed by atoms with Crippen LogP contribution in [0.5, 0.6) is 0 Å². The molecule has 0 fully saturated rings. The summed E-state index contributed by atoms with van der Waals surface area (Å²) >= 11 is 0. The number of ether oxygens (including phenoxy) is 3. The third-order valence-corrected chi connectivity index (χ3v) is 11.7. The van der Waals surface area contributed by atoms with Gasteiger partial charge in [0.15, 0.2) is 0 Å². The average Bonchev–Trinajstić information content (AvgIpc) is 2.95. The molecule has 1 aromatic rings. The molecule has 2 unspecified atom stereocenters. The minimum atomic E-state index is -1.51. The summed E-state index contributed by atoms with van der Waals surface area (Å²) < 4.78 is 19.5. The summed E-state index contributed by atoms with van der Waals surface area (Å²) in [5.74, 6) is -0.584. The zero-order valence-corrected chi connectivity index (χ0v) is 24.1. The third kappa shape index (κ3) is 6.68. The predicted molar refractivity (Wildman–Crippen MR) is 137 cm³/mol. The zero-order valence-electron chi connectivity index (χ0n) is 22.1. The predicted octanol–water partition coefficient (Wildman–Crippen LogP) is 4.68. The number of fused-ring (bicyclic) bond motifs is 1. The van der Waals surface area contributed by atoms with Crippen LogP contribution < -0.4 is 0 Å². The van der Waals surface area contributed by atoms with Crippen LogP contribution in [0.4, 0.5) is 0 Å². The summed E-state index contributed by atoms with van der Waals surface area (Å²) in [6.07, 6.45) is 1.78. The lowest BCUT2D eigenvalue weighted by Crippen LogP contribution is -2.42. The van der Waals surface area contributed by atoms with E-state index in [2.05, 4.69) is 53.1 Å². The molecule has 0 saturated heterocycles.